The number of hydrogen-bond donors (Lipinski definition) is 1. The molecule has 19 heavy (non-hydrogen) atoms. The zero-order valence-electron chi connectivity index (χ0n) is 11.2. The van der Waals surface area contributed by atoms with Crippen LogP contribution >= 0.6 is 0 Å². The van der Waals surface area contributed by atoms with E-state index in [0.29, 0.717) is 0 Å². The summed E-state index contributed by atoms with van der Waals surface area (Å²) >= 11 is 0. The van der Waals surface area contributed by atoms with Gasteiger partial charge in [-0.3, -0.25) is 0 Å². The summed E-state index contributed by atoms with van der Waals surface area (Å²) in [7, 11) is -3.60. The first-order valence-corrected chi connectivity index (χ1v) is 8.02. The Morgan fingerprint density at radius 2 is 2.00 bits per heavy atom. The lowest BCUT2D eigenvalue weighted by molar-refractivity contribution is -0.182. The summed E-state index contributed by atoms with van der Waals surface area (Å²) in [6.07, 6.45) is -4.04. The molecule has 1 unspecified atom stereocenters. The molecule has 0 bridgehead atoms. The second-order valence-corrected chi connectivity index (χ2v) is 7.25. The molecule has 0 spiro atoms. The van der Waals surface area contributed by atoms with Crippen LogP contribution in [-0.4, -0.2) is 50.3 Å². The van der Waals surface area contributed by atoms with E-state index in [9.17, 15) is 21.6 Å². The number of hydrogen-bond acceptors (Lipinski definition) is 3. The summed E-state index contributed by atoms with van der Waals surface area (Å²) in [6.45, 7) is 3.78. The molecular formula is C11H21F3N2O2S. The van der Waals surface area contributed by atoms with E-state index >= 15 is 0 Å². The Kier molecular flexibility index (Phi) is 5.64. The quantitative estimate of drug-likeness (QED) is 0.839. The third kappa shape index (κ3) is 5.27. The minimum atomic E-state index is -4.32. The molecule has 0 radical (unpaired) electrons. The average Bonchev–Trinajstić information content (AvgIpc) is 2.27. The predicted molar refractivity (Wildman–Crippen MR) is 67.3 cm³/mol. The standard InChI is InChI=1S/C11H21F3N2O2S/c1-9(2)15-5-7-19(17,18)16-6-3-4-10(8-16)11(12,13)14/h9-10,15H,3-8H2,1-2H3. The van der Waals surface area contributed by atoms with E-state index in [0.717, 1.165) is 4.31 Å². The SMILES string of the molecule is CC(C)NCCS(=O)(=O)N1CCCC(C(F)(F)F)C1. The van der Waals surface area contributed by atoms with Crippen molar-refractivity contribution >= 4 is 10.0 Å². The number of nitrogens with one attached hydrogen (secondary N) is 1. The van der Waals surface area contributed by atoms with Gasteiger partial charge in [-0.25, -0.2) is 12.7 Å². The van der Waals surface area contributed by atoms with Crippen molar-refractivity contribution in [2.24, 2.45) is 5.92 Å². The van der Waals surface area contributed by atoms with Gasteiger partial charge in [-0.05, 0) is 12.8 Å². The van der Waals surface area contributed by atoms with E-state index < -0.39 is 28.7 Å². The van der Waals surface area contributed by atoms with Gasteiger partial charge in [0.25, 0.3) is 0 Å². The van der Waals surface area contributed by atoms with E-state index in [1.165, 1.54) is 0 Å². The molecule has 0 aromatic carbocycles. The highest BCUT2D eigenvalue weighted by atomic mass is 32.2. The summed E-state index contributed by atoms with van der Waals surface area (Å²) in [5, 5.41) is 2.95. The molecule has 1 atom stereocenters. The molecule has 1 rings (SSSR count). The summed E-state index contributed by atoms with van der Waals surface area (Å²) in [6, 6.07) is 0.152. The molecule has 0 aromatic rings. The molecule has 1 aliphatic heterocycles. The highest BCUT2D eigenvalue weighted by Gasteiger charge is 2.43. The first kappa shape index (κ1) is 16.7. The second kappa shape index (κ2) is 6.41. The van der Waals surface area contributed by atoms with Crippen LogP contribution in [0, 0.1) is 5.92 Å². The van der Waals surface area contributed by atoms with Crippen LogP contribution in [0.2, 0.25) is 0 Å². The molecule has 1 fully saturated rings. The van der Waals surface area contributed by atoms with Gasteiger partial charge in [0, 0.05) is 25.7 Å². The van der Waals surface area contributed by atoms with Crippen molar-refractivity contribution in [2.75, 3.05) is 25.4 Å². The number of nitrogens with zero attached hydrogens (tertiary/aromatic N) is 1. The number of piperidine rings is 1. The Labute approximate surface area is 112 Å². The fourth-order valence-electron chi connectivity index (χ4n) is 2.07. The van der Waals surface area contributed by atoms with E-state index in [-0.39, 0.29) is 37.7 Å². The highest BCUT2D eigenvalue weighted by Crippen LogP contribution is 2.33. The van der Waals surface area contributed by atoms with Gasteiger partial charge >= 0.3 is 6.18 Å². The van der Waals surface area contributed by atoms with Crippen molar-refractivity contribution in [1.82, 2.24) is 9.62 Å². The van der Waals surface area contributed by atoms with Crippen molar-refractivity contribution in [1.29, 1.82) is 0 Å². The lowest BCUT2D eigenvalue weighted by atomic mass is 9.99. The maximum absolute atomic E-state index is 12.6. The van der Waals surface area contributed by atoms with Gasteiger partial charge in [-0.1, -0.05) is 13.8 Å². The van der Waals surface area contributed by atoms with E-state index in [2.05, 4.69) is 5.32 Å². The molecule has 1 N–H and O–H groups in total. The fraction of sp³-hybridized carbons (Fsp3) is 1.00. The molecule has 0 aliphatic carbocycles. The van der Waals surface area contributed by atoms with Gasteiger partial charge in [0.05, 0.1) is 11.7 Å². The lowest BCUT2D eigenvalue weighted by Gasteiger charge is -2.33. The maximum Gasteiger partial charge on any atom is 0.393 e. The fourth-order valence-corrected chi connectivity index (χ4v) is 3.52. The summed E-state index contributed by atoms with van der Waals surface area (Å²) in [5.74, 6) is -1.69. The highest BCUT2D eigenvalue weighted by molar-refractivity contribution is 7.89. The Morgan fingerprint density at radius 3 is 2.53 bits per heavy atom. The smallest absolute Gasteiger partial charge is 0.313 e. The van der Waals surface area contributed by atoms with Crippen molar-refractivity contribution in [2.45, 2.75) is 38.9 Å². The molecule has 114 valence electrons. The molecule has 0 amide bonds. The monoisotopic (exact) mass is 302 g/mol. The Bertz CT molecular complexity index is 382. The third-order valence-corrected chi connectivity index (χ3v) is 4.99. The largest absolute Gasteiger partial charge is 0.393 e. The number of alkyl halides is 3. The Hall–Kier alpha value is -0.340. The van der Waals surface area contributed by atoms with Gasteiger partial charge in [-0.15, -0.1) is 0 Å². The Balaban J connectivity index is 2.58. The zero-order valence-corrected chi connectivity index (χ0v) is 12.0. The van der Waals surface area contributed by atoms with Gasteiger partial charge in [0.1, 0.15) is 0 Å². The van der Waals surface area contributed by atoms with Crippen molar-refractivity contribution < 1.29 is 21.6 Å². The molecule has 4 nitrogen and oxygen atoms in total. The molecule has 8 heteroatoms. The van der Waals surface area contributed by atoms with Crippen molar-refractivity contribution in [3.8, 4) is 0 Å². The number of sulfonamides is 1. The number of halogens is 3. The van der Waals surface area contributed by atoms with E-state index in [4.69, 9.17) is 0 Å². The molecular weight excluding hydrogens is 281 g/mol. The van der Waals surface area contributed by atoms with Gasteiger partial charge in [0.2, 0.25) is 10.0 Å². The summed E-state index contributed by atoms with van der Waals surface area (Å²) < 4.78 is 62.8. The van der Waals surface area contributed by atoms with Gasteiger partial charge in [0.15, 0.2) is 0 Å². The first-order chi connectivity index (χ1) is 8.63. The first-order valence-electron chi connectivity index (χ1n) is 6.41. The zero-order chi connectivity index (χ0) is 14.7. The number of rotatable bonds is 5. The minimum absolute atomic E-state index is 0.0137. The van der Waals surface area contributed by atoms with Crippen molar-refractivity contribution in [3.63, 3.8) is 0 Å². The lowest BCUT2D eigenvalue weighted by Crippen LogP contribution is -2.46. The third-order valence-electron chi connectivity index (χ3n) is 3.15. The van der Waals surface area contributed by atoms with Crippen LogP contribution in [0.15, 0.2) is 0 Å². The molecule has 1 aliphatic rings. The second-order valence-electron chi connectivity index (χ2n) is 5.16. The van der Waals surface area contributed by atoms with Crippen LogP contribution in [0.3, 0.4) is 0 Å². The normalized spacial score (nSPS) is 22.9. The topological polar surface area (TPSA) is 49.4 Å². The maximum atomic E-state index is 12.6. The van der Waals surface area contributed by atoms with E-state index in [1.807, 2.05) is 13.8 Å². The predicted octanol–water partition coefficient (Wildman–Crippen LogP) is 1.59. The van der Waals surface area contributed by atoms with Crippen LogP contribution in [0.25, 0.3) is 0 Å². The van der Waals surface area contributed by atoms with Gasteiger partial charge in [-0.2, -0.15) is 13.2 Å². The van der Waals surface area contributed by atoms with Crippen LogP contribution < -0.4 is 5.32 Å². The molecule has 1 saturated heterocycles. The molecule has 0 aromatic heterocycles. The summed E-state index contributed by atoms with van der Waals surface area (Å²) in [4.78, 5) is 0. The van der Waals surface area contributed by atoms with E-state index in [1.54, 1.807) is 0 Å². The average molecular weight is 302 g/mol. The minimum Gasteiger partial charge on any atom is -0.313 e. The Morgan fingerprint density at radius 1 is 1.37 bits per heavy atom. The molecule has 0 saturated carbocycles. The van der Waals surface area contributed by atoms with Crippen LogP contribution in [0.1, 0.15) is 26.7 Å². The molecule has 1 heterocycles. The van der Waals surface area contributed by atoms with Crippen LogP contribution in [0.5, 0.6) is 0 Å². The van der Waals surface area contributed by atoms with Crippen LogP contribution in [0.4, 0.5) is 13.2 Å². The van der Waals surface area contributed by atoms with Crippen LogP contribution in [-0.2, 0) is 10.0 Å². The summed E-state index contributed by atoms with van der Waals surface area (Å²) in [5.41, 5.74) is 0. The van der Waals surface area contributed by atoms with Crippen molar-refractivity contribution in [3.05, 3.63) is 0 Å². The van der Waals surface area contributed by atoms with Gasteiger partial charge < -0.3 is 5.32 Å².